The second-order valence-corrected chi connectivity index (χ2v) is 11.4. The number of hydrogen-bond acceptors (Lipinski definition) is 6. The molecule has 0 N–H and O–H groups in total. The van der Waals surface area contributed by atoms with Gasteiger partial charge in [-0.2, -0.15) is 9.78 Å². The predicted octanol–water partition coefficient (Wildman–Crippen LogP) is 8.50. The van der Waals surface area contributed by atoms with Gasteiger partial charge in [-0.15, -0.1) is 0 Å². The summed E-state index contributed by atoms with van der Waals surface area (Å²) in [7, 11) is 0. The van der Waals surface area contributed by atoms with E-state index in [1.54, 1.807) is 24.4 Å². The molecule has 42 heavy (non-hydrogen) atoms. The monoisotopic (exact) mass is 685 g/mol. The number of fused-ring (bicyclic) bond motifs is 2. The lowest BCUT2D eigenvalue weighted by Gasteiger charge is -2.15. The van der Waals surface area contributed by atoms with E-state index >= 15 is 0 Å². The van der Waals surface area contributed by atoms with Gasteiger partial charge in [0.25, 0.3) is 5.56 Å². The Bertz CT molecular complexity index is 2030. The number of benzene rings is 4. The molecule has 210 valence electrons. The van der Waals surface area contributed by atoms with Gasteiger partial charge < -0.3 is 13.9 Å². The van der Waals surface area contributed by atoms with E-state index in [0.29, 0.717) is 62.8 Å². The zero-order chi connectivity index (χ0) is 29.2. The average molecular weight is 687 g/mol. The number of nitrogens with zero attached hydrogens (tertiary/aromatic N) is 3. The highest BCUT2D eigenvalue weighted by molar-refractivity contribution is 9.10. The third-order valence-electron chi connectivity index (χ3n) is 6.57. The van der Waals surface area contributed by atoms with Crippen LogP contribution < -0.4 is 15.0 Å². The summed E-state index contributed by atoms with van der Waals surface area (Å²) in [5, 5.41) is 5.93. The first-order valence-corrected chi connectivity index (χ1v) is 14.9. The summed E-state index contributed by atoms with van der Waals surface area (Å²) in [4.78, 5) is 18.4. The topological polar surface area (TPSA) is 78.9 Å². The molecule has 9 heteroatoms. The van der Waals surface area contributed by atoms with Crippen molar-refractivity contribution in [2.75, 3.05) is 6.61 Å². The normalized spacial score (nSPS) is 11.5. The molecule has 4 aromatic carbocycles. The number of ether oxygens (including phenoxy) is 2. The molecule has 0 spiro atoms. The van der Waals surface area contributed by atoms with Gasteiger partial charge in [-0.25, -0.2) is 4.98 Å². The Labute approximate surface area is 258 Å². The highest BCUT2D eigenvalue weighted by atomic mass is 79.9. The number of hydrogen-bond donors (Lipinski definition) is 0. The molecule has 6 rings (SSSR count). The summed E-state index contributed by atoms with van der Waals surface area (Å²) in [5.74, 6) is 1.88. The molecule has 0 amide bonds. The minimum atomic E-state index is -0.310. The lowest BCUT2D eigenvalue weighted by atomic mass is 10.1. The molecule has 0 atom stereocenters. The summed E-state index contributed by atoms with van der Waals surface area (Å²) in [6, 6.07) is 26.6. The van der Waals surface area contributed by atoms with Gasteiger partial charge in [0.2, 0.25) is 5.82 Å². The SMILES string of the molecule is CCOc1cc(C=Nn2c(-c3cc4cc(Br)ccc4o3)nc3ccccc3c2=O)cc(Br)c1OCc1cccc(C)c1. The number of aryl methyl sites for hydroxylation is 1. The smallest absolute Gasteiger partial charge is 0.282 e. The van der Waals surface area contributed by atoms with Gasteiger partial charge in [0, 0.05) is 9.86 Å². The fourth-order valence-corrected chi connectivity index (χ4v) is 5.62. The van der Waals surface area contributed by atoms with Crippen molar-refractivity contribution in [3.63, 3.8) is 0 Å². The summed E-state index contributed by atoms with van der Waals surface area (Å²) in [5.41, 5.74) is 3.85. The van der Waals surface area contributed by atoms with Crippen molar-refractivity contribution in [1.29, 1.82) is 0 Å². The van der Waals surface area contributed by atoms with Gasteiger partial charge in [-0.05, 0) is 89.4 Å². The van der Waals surface area contributed by atoms with E-state index in [0.717, 1.165) is 15.4 Å². The molecule has 0 saturated carbocycles. The van der Waals surface area contributed by atoms with Crippen molar-refractivity contribution in [2.45, 2.75) is 20.5 Å². The van der Waals surface area contributed by atoms with Gasteiger partial charge in [0.15, 0.2) is 17.3 Å². The second-order valence-electron chi connectivity index (χ2n) is 9.65. The maximum absolute atomic E-state index is 13.7. The molecule has 2 heterocycles. The van der Waals surface area contributed by atoms with E-state index in [9.17, 15) is 4.79 Å². The molecule has 0 bridgehead atoms. The fourth-order valence-electron chi connectivity index (χ4n) is 4.66. The van der Waals surface area contributed by atoms with Crippen LogP contribution in [0.5, 0.6) is 11.5 Å². The van der Waals surface area contributed by atoms with Gasteiger partial charge in [-0.1, -0.05) is 57.9 Å². The Balaban J connectivity index is 1.40. The zero-order valence-corrected chi connectivity index (χ0v) is 26.0. The third kappa shape index (κ3) is 5.75. The van der Waals surface area contributed by atoms with E-state index < -0.39 is 0 Å². The molecule has 2 aromatic heterocycles. The maximum Gasteiger partial charge on any atom is 0.282 e. The molecule has 0 saturated heterocycles. The average Bonchev–Trinajstić information content (AvgIpc) is 3.39. The van der Waals surface area contributed by atoms with E-state index in [-0.39, 0.29) is 5.56 Å². The molecule has 0 radical (unpaired) electrons. The van der Waals surface area contributed by atoms with Gasteiger partial charge in [0.1, 0.15) is 12.2 Å². The van der Waals surface area contributed by atoms with Crippen LogP contribution >= 0.6 is 31.9 Å². The van der Waals surface area contributed by atoms with E-state index in [4.69, 9.17) is 18.9 Å². The molecular weight excluding hydrogens is 662 g/mol. The first-order chi connectivity index (χ1) is 20.4. The molecule has 0 fully saturated rings. The number of halogens is 2. The first kappa shape index (κ1) is 27.9. The van der Waals surface area contributed by atoms with Crippen molar-refractivity contribution in [2.24, 2.45) is 5.10 Å². The first-order valence-electron chi connectivity index (χ1n) is 13.3. The van der Waals surface area contributed by atoms with Crippen molar-refractivity contribution in [3.8, 4) is 23.1 Å². The van der Waals surface area contributed by atoms with Crippen molar-refractivity contribution in [3.05, 3.63) is 121 Å². The molecule has 0 aliphatic heterocycles. The van der Waals surface area contributed by atoms with Crippen LogP contribution in [0, 0.1) is 6.92 Å². The van der Waals surface area contributed by atoms with Gasteiger partial charge >= 0.3 is 0 Å². The lowest BCUT2D eigenvalue weighted by molar-refractivity contribution is 0.267. The van der Waals surface area contributed by atoms with Gasteiger partial charge in [-0.3, -0.25) is 4.79 Å². The maximum atomic E-state index is 13.7. The number of rotatable bonds is 8. The highest BCUT2D eigenvalue weighted by Gasteiger charge is 2.17. The highest BCUT2D eigenvalue weighted by Crippen LogP contribution is 2.37. The number of para-hydroxylation sites is 1. The quantitative estimate of drug-likeness (QED) is 0.150. The third-order valence-corrected chi connectivity index (χ3v) is 7.65. The van der Waals surface area contributed by atoms with Gasteiger partial charge in [0.05, 0.1) is 28.2 Å². The Morgan fingerprint density at radius 3 is 2.67 bits per heavy atom. The molecule has 7 nitrogen and oxygen atoms in total. The Hall–Kier alpha value is -4.21. The molecule has 6 aromatic rings. The van der Waals surface area contributed by atoms with Crippen LogP contribution in [0.3, 0.4) is 0 Å². The molecule has 0 unspecified atom stereocenters. The Morgan fingerprint density at radius 1 is 0.976 bits per heavy atom. The Morgan fingerprint density at radius 2 is 1.83 bits per heavy atom. The summed E-state index contributed by atoms with van der Waals surface area (Å²) in [6.07, 6.45) is 1.60. The van der Waals surface area contributed by atoms with Crippen LogP contribution in [-0.4, -0.2) is 22.5 Å². The molecule has 0 aliphatic carbocycles. The van der Waals surface area contributed by atoms with E-state index in [2.05, 4.69) is 43.0 Å². The van der Waals surface area contributed by atoms with Crippen LogP contribution in [0.2, 0.25) is 0 Å². The van der Waals surface area contributed by atoms with Crippen LogP contribution in [0.4, 0.5) is 0 Å². The lowest BCUT2D eigenvalue weighted by Crippen LogP contribution is -2.20. The van der Waals surface area contributed by atoms with Crippen molar-refractivity contribution in [1.82, 2.24) is 9.66 Å². The fraction of sp³-hybridized carbons (Fsp3) is 0.121. The van der Waals surface area contributed by atoms with E-state index in [1.807, 2.05) is 74.5 Å². The van der Waals surface area contributed by atoms with Crippen LogP contribution in [0.25, 0.3) is 33.5 Å². The minimum Gasteiger partial charge on any atom is -0.490 e. The van der Waals surface area contributed by atoms with Crippen molar-refractivity contribution >= 4 is 59.9 Å². The summed E-state index contributed by atoms with van der Waals surface area (Å²) in [6.45, 7) is 4.81. The second kappa shape index (κ2) is 12.0. The standard InChI is InChI=1S/C33H25Br2N3O4/c1-3-40-29-15-22(14-26(35)31(29)41-19-21-8-6-7-20(2)13-21)18-36-38-32(37-27-10-5-4-9-25(27)33(38)39)30-17-23-16-24(34)11-12-28(23)42-30/h4-18H,3,19H2,1-2H3. The number of aromatic nitrogens is 2. The zero-order valence-electron chi connectivity index (χ0n) is 22.8. The summed E-state index contributed by atoms with van der Waals surface area (Å²) >= 11 is 7.14. The minimum absolute atomic E-state index is 0.296. The van der Waals surface area contributed by atoms with Crippen LogP contribution in [-0.2, 0) is 6.61 Å². The summed E-state index contributed by atoms with van der Waals surface area (Å²) < 4.78 is 21.1. The van der Waals surface area contributed by atoms with Crippen LogP contribution in [0.1, 0.15) is 23.6 Å². The Kier molecular flexibility index (Phi) is 7.95. The molecular formula is C33H25Br2N3O4. The predicted molar refractivity (Wildman–Crippen MR) is 173 cm³/mol. The van der Waals surface area contributed by atoms with E-state index in [1.165, 1.54) is 10.2 Å². The van der Waals surface area contributed by atoms with Crippen LogP contribution in [0.15, 0.2) is 108 Å². The number of furan rings is 1. The molecule has 0 aliphatic rings. The largest absolute Gasteiger partial charge is 0.490 e. The van der Waals surface area contributed by atoms with Crippen molar-refractivity contribution < 1.29 is 13.9 Å².